The largest absolute Gasteiger partial charge is 0.494 e. The van der Waals surface area contributed by atoms with Crippen molar-refractivity contribution in [2.24, 2.45) is 0 Å². The van der Waals surface area contributed by atoms with Crippen LogP contribution in [0.25, 0.3) is 0 Å². The van der Waals surface area contributed by atoms with E-state index >= 15 is 0 Å². The van der Waals surface area contributed by atoms with Crippen LogP contribution in [0.5, 0.6) is 5.75 Å². The summed E-state index contributed by atoms with van der Waals surface area (Å²) in [6.07, 6.45) is 0. The maximum Gasteiger partial charge on any atom is 0.317 e. The van der Waals surface area contributed by atoms with Gasteiger partial charge in [-0.05, 0) is 31.0 Å². The standard InChI is InChI=1S/C15H23N3O2/c1-3-20-14-5-4-13(10-12(14)2)11-17-15(19)18-8-6-16-7-9-18/h4-5,10,16H,3,6-9,11H2,1-2H3,(H,17,19). The topological polar surface area (TPSA) is 53.6 Å². The maximum absolute atomic E-state index is 12.0. The molecule has 2 N–H and O–H groups in total. The van der Waals surface area contributed by atoms with Crippen LogP contribution in [0.2, 0.25) is 0 Å². The highest BCUT2D eigenvalue weighted by Gasteiger charge is 2.15. The summed E-state index contributed by atoms with van der Waals surface area (Å²) in [6, 6.07) is 6.03. The van der Waals surface area contributed by atoms with Crippen molar-refractivity contribution in [1.82, 2.24) is 15.5 Å². The van der Waals surface area contributed by atoms with Crippen LogP contribution < -0.4 is 15.4 Å². The predicted molar refractivity (Wildman–Crippen MR) is 79.0 cm³/mol. The fourth-order valence-electron chi connectivity index (χ4n) is 2.30. The monoisotopic (exact) mass is 277 g/mol. The van der Waals surface area contributed by atoms with Gasteiger partial charge in [-0.15, -0.1) is 0 Å². The van der Waals surface area contributed by atoms with Crippen LogP contribution in [0.15, 0.2) is 18.2 Å². The summed E-state index contributed by atoms with van der Waals surface area (Å²) in [6.45, 7) is 8.50. The molecule has 2 rings (SSSR count). The van der Waals surface area contributed by atoms with E-state index in [9.17, 15) is 4.79 Å². The number of amides is 2. The first kappa shape index (κ1) is 14.7. The molecule has 0 unspecified atom stereocenters. The van der Waals surface area contributed by atoms with Gasteiger partial charge in [0, 0.05) is 32.7 Å². The zero-order valence-corrected chi connectivity index (χ0v) is 12.2. The average molecular weight is 277 g/mol. The third-order valence-electron chi connectivity index (χ3n) is 3.39. The highest BCUT2D eigenvalue weighted by molar-refractivity contribution is 5.74. The van der Waals surface area contributed by atoms with Crippen molar-refractivity contribution >= 4 is 6.03 Å². The van der Waals surface area contributed by atoms with Gasteiger partial charge in [-0.3, -0.25) is 0 Å². The van der Waals surface area contributed by atoms with E-state index in [1.165, 1.54) is 0 Å². The number of urea groups is 1. The molecule has 0 aromatic heterocycles. The highest BCUT2D eigenvalue weighted by atomic mass is 16.5. The molecule has 0 atom stereocenters. The summed E-state index contributed by atoms with van der Waals surface area (Å²) in [4.78, 5) is 13.8. The van der Waals surface area contributed by atoms with E-state index in [4.69, 9.17) is 4.74 Å². The number of benzene rings is 1. The van der Waals surface area contributed by atoms with Gasteiger partial charge in [-0.2, -0.15) is 0 Å². The molecule has 5 heteroatoms. The van der Waals surface area contributed by atoms with E-state index in [-0.39, 0.29) is 6.03 Å². The van der Waals surface area contributed by atoms with Crippen LogP contribution in [-0.2, 0) is 6.54 Å². The number of aryl methyl sites for hydroxylation is 1. The van der Waals surface area contributed by atoms with Crippen molar-refractivity contribution in [1.29, 1.82) is 0 Å². The van der Waals surface area contributed by atoms with E-state index in [0.717, 1.165) is 43.1 Å². The van der Waals surface area contributed by atoms with Crippen LogP contribution in [0, 0.1) is 6.92 Å². The Morgan fingerprint density at radius 1 is 1.40 bits per heavy atom. The van der Waals surface area contributed by atoms with Crippen LogP contribution in [0.1, 0.15) is 18.1 Å². The molecule has 0 spiro atoms. The fraction of sp³-hybridized carbons (Fsp3) is 0.533. The summed E-state index contributed by atoms with van der Waals surface area (Å²) in [7, 11) is 0. The zero-order valence-electron chi connectivity index (χ0n) is 12.2. The molecule has 1 aromatic rings. The molecule has 110 valence electrons. The second-order valence-corrected chi connectivity index (χ2v) is 4.93. The van der Waals surface area contributed by atoms with Crippen molar-refractivity contribution in [3.63, 3.8) is 0 Å². The third-order valence-corrected chi connectivity index (χ3v) is 3.39. The number of hydrogen-bond donors (Lipinski definition) is 2. The molecule has 1 aliphatic rings. The lowest BCUT2D eigenvalue weighted by atomic mass is 10.1. The van der Waals surface area contributed by atoms with Gasteiger partial charge in [0.1, 0.15) is 5.75 Å². The van der Waals surface area contributed by atoms with Crippen molar-refractivity contribution in [2.45, 2.75) is 20.4 Å². The van der Waals surface area contributed by atoms with Crippen LogP contribution in [-0.4, -0.2) is 43.7 Å². The molecule has 2 amide bonds. The number of piperazine rings is 1. The predicted octanol–water partition coefficient (Wildman–Crippen LogP) is 1.51. The first-order valence-corrected chi connectivity index (χ1v) is 7.16. The van der Waals surface area contributed by atoms with E-state index in [1.54, 1.807) is 0 Å². The lowest BCUT2D eigenvalue weighted by molar-refractivity contribution is 0.190. The van der Waals surface area contributed by atoms with Gasteiger partial charge in [0.05, 0.1) is 6.61 Å². The number of nitrogens with zero attached hydrogens (tertiary/aromatic N) is 1. The van der Waals surface area contributed by atoms with Crippen LogP contribution >= 0.6 is 0 Å². The maximum atomic E-state index is 12.0. The van der Waals surface area contributed by atoms with Gasteiger partial charge in [0.2, 0.25) is 0 Å². The Kier molecular flexibility index (Phi) is 5.24. The molecule has 1 saturated heterocycles. The van der Waals surface area contributed by atoms with E-state index < -0.39 is 0 Å². The minimum absolute atomic E-state index is 0.0121. The second-order valence-electron chi connectivity index (χ2n) is 4.93. The third kappa shape index (κ3) is 3.87. The zero-order chi connectivity index (χ0) is 14.4. The molecule has 0 radical (unpaired) electrons. The molecule has 0 bridgehead atoms. The summed E-state index contributed by atoms with van der Waals surface area (Å²) >= 11 is 0. The Balaban J connectivity index is 1.87. The Morgan fingerprint density at radius 3 is 2.80 bits per heavy atom. The van der Waals surface area contributed by atoms with Crippen molar-refractivity contribution in [3.8, 4) is 5.75 Å². The van der Waals surface area contributed by atoms with Gasteiger partial charge in [-0.25, -0.2) is 4.79 Å². The Morgan fingerprint density at radius 2 is 2.15 bits per heavy atom. The van der Waals surface area contributed by atoms with Crippen LogP contribution in [0.3, 0.4) is 0 Å². The SMILES string of the molecule is CCOc1ccc(CNC(=O)N2CCNCC2)cc1C. The van der Waals surface area contributed by atoms with Gasteiger partial charge in [-0.1, -0.05) is 12.1 Å². The van der Waals surface area contributed by atoms with Gasteiger partial charge in [0.25, 0.3) is 0 Å². The Bertz CT molecular complexity index is 456. The average Bonchev–Trinajstić information content (AvgIpc) is 2.48. The molecular weight excluding hydrogens is 254 g/mol. The van der Waals surface area contributed by atoms with E-state index in [1.807, 2.05) is 30.9 Å². The van der Waals surface area contributed by atoms with E-state index in [0.29, 0.717) is 13.2 Å². The Labute approximate surface area is 120 Å². The van der Waals surface area contributed by atoms with Crippen molar-refractivity contribution in [2.75, 3.05) is 32.8 Å². The highest BCUT2D eigenvalue weighted by Crippen LogP contribution is 2.19. The molecule has 1 aliphatic heterocycles. The summed E-state index contributed by atoms with van der Waals surface area (Å²) in [5.74, 6) is 0.907. The quantitative estimate of drug-likeness (QED) is 0.877. The van der Waals surface area contributed by atoms with Gasteiger partial charge in [0.15, 0.2) is 0 Å². The molecule has 0 saturated carbocycles. The minimum Gasteiger partial charge on any atom is -0.494 e. The summed E-state index contributed by atoms with van der Waals surface area (Å²) < 4.78 is 5.51. The van der Waals surface area contributed by atoms with Crippen molar-refractivity contribution in [3.05, 3.63) is 29.3 Å². The second kappa shape index (κ2) is 7.14. The number of nitrogens with one attached hydrogen (secondary N) is 2. The fourth-order valence-corrected chi connectivity index (χ4v) is 2.30. The van der Waals surface area contributed by atoms with Gasteiger partial charge >= 0.3 is 6.03 Å². The van der Waals surface area contributed by atoms with Crippen LogP contribution in [0.4, 0.5) is 4.79 Å². The van der Waals surface area contributed by atoms with Gasteiger partial charge < -0.3 is 20.3 Å². The normalized spacial score (nSPS) is 15.0. The molecule has 20 heavy (non-hydrogen) atoms. The lowest BCUT2D eigenvalue weighted by Crippen LogP contribution is -2.50. The molecular formula is C15H23N3O2. The molecule has 1 aromatic carbocycles. The lowest BCUT2D eigenvalue weighted by Gasteiger charge is -2.27. The number of ether oxygens (including phenoxy) is 1. The molecule has 0 aliphatic carbocycles. The number of carbonyl (C=O) groups is 1. The first-order chi connectivity index (χ1) is 9.70. The van der Waals surface area contributed by atoms with E-state index in [2.05, 4.69) is 16.7 Å². The molecule has 5 nitrogen and oxygen atoms in total. The summed E-state index contributed by atoms with van der Waals surface area (Å²) in [5, 5.41) is 6.20. The molecule has 1 fully saturated rings. The number of hydrogen-bond acceptors (Lipinski definition) is 3. The number of carbonyl (C=O) groups excluding carboxylic acids is 1. The number of rotatable bonds is 4. The van der Waals surface area contributed by atoms with Crippen molar-refractivity contribution < 1.29 is 9.53 Å². The molecule has 1 heterocycles. The smallest absolute Gasteiger partial charge is 0.317 e. The summed E-state index contributed by atoms with van der Waals surface area (Å²) in [5.41, 5.74) is 2.19. The first-order valence-electron chi connectivity index (χ1n) is 7.16. The minimum atomic E-state index is 0.0121. The Hall–Kier alpha value is -1.75.